The highest BCUT2D eigenvalue weighted by Gasteiger charge is 2.33. The van der Waals surface area contributed by atoms with Gasteiger partial charge in [-0.3, -0.25) is 9.69 Å². The molecule has 0 aliphatic carbocycles. The fourth-order valence-electron chi connectivity index (χ4n) is 1.76. The van der Waals surface area contributed by atoms with Crippen molar-refractivity contribution in [1.82, 2.24) is 4.90 Å². The number of methoxy groups -OCH3 is 1. The Morgan fingerprint density at radius 1 is 1.22 bits per heavy atom. The predicted molar refractivity (Wildman–Crippen MR) is 73.4 cm³/mol. The second-order valence-electron chi connectivity index (χ2n) is 5.08. The van der Waals surface area contributed by atoms with Gasteiger partial charge in [-0.2, -0.15) is 0 Å². The van der Waals surface area contributed by atoms with E-state index >= 15 is 0 Å². The minimum Gasteiger partial charge on any atom is -0.468 e. The molecule has 0 aromatic heterocycles. The maximum atomic E-state index is 11.7. The van der Waals surface area contributed by atoms with Gasteiger partial charge in [0.25, 0.3) is 0 Å². The Morgan fingerprint density at radius 3 is 2.17 bits per heavy atom. The van der Waals surface area contributed by atoms with E-state index in [9.17, 15) is 4.79 Å². The SMILES string of the molecule is CCc1ccc(CN(C)C(C)(C)C(=O)OC)cc1. The van der Waals surface area contributed by atoms with Crippen molar-refractivity contribution in [3.05, 3.63) is 35.4 Å². The number of carbonyl (C=O) groups excluding carboxylic acids is 1. The fraction of sp³-hybridized carbons (Fsp3) is 0.533. The van der Waals surface area contributed by atoms with Crippen LogP contribution in [0.3, 0.4) is 0 Å². The molecular weight excluding hydrogens is 226 g/mol. The molecule has 0 radical (unpaired) electrons. The van der Waals surface area contributed by atoms with E-state index in [0.29, 0.717) is 0 Å². The van der Waals surface area contributed by atoms with Crippen molar-refractivity contribution in [2.24, 2.45) is 0 Å². The van der Waals surface area contributed by atoms with E-state index < -0.39 is 5.54 Å². The van der Waals surface area contributed by atoms with E-state index in [2.05, 4.69) is 31.2 Å². The lowest BCUT2D eigenvalue weighted by Crippen LogP contribution is -2.48. The van der Waals surface area contributed by atoms with Crippen LogP contribution in [0.1, 0.15) is 31.9 Å². The third kappa shape index (κ3) is 3.33. The van der Waals surface area contributed by atoms with Crippen molar-refractivity contribution in [2.75, 3.05) is 14.2 Å². The van der Waals surface area contributed by atoms with Crippen LogP contribution in [0.25, 0.3) is 0 Å². The summed E-state index contributed by atoms with van der Waals surface area (Å²) in [7, 11) is 3.36. The molecule has 0 saturated heterocycles. The summed E-state index contributed by atoms with van der Waals surface area (Å²) in [5.41, 5.74) is 1.92. The average molecular weight is 249 g/mol. The summed E-state index contributed by atoms with van der Waals surface area (Å²) in [6, 6.07) is 8.49. The Hall–Kier alpha value is -1.35. The van der Waals surface area contributed by atoms with Crippen LogP contribution in [0, 0.1) is 0 Å². The molecule has 0 heterocycles. The first-order chi connectivity index (χ1) is 8.41. The van der Waals surface area contributed by atoms with E-state index in [4.69, 9.17) is 4.74 Å². The summed E-state index contributed by atoms with van der Waals surface area (Å²) in [6.07, 6.45) is 1.05. The average Bonchev–Trinajstić information content (AvgIpc) is 2.38. The number of benzene rings is 1. The summed E-state index contributed by atoms with van der Waals surface area (Å²) in [4.78, 5) is 13.7. The topological polar surface area (TPSA) is 29.5 Å². The van der Waals surface area contributed by atoms with E-state index in [1.165, 1.54) is 18.2 Å². The van der Waals surface area contributed by atoms with Gasteiger partial charge < -0.3 is 4.74 Å². The van der Waals surface area contributed by atoms with Gasteiger partial charge in [-0.15, -0.1) is 0 Å². The highest BCUT2D eigenvalue weighted by Crippen LogP contribution is 2.17. The number of rotatable bonds is 5. The van der Waals surface area contributed by atoms with Gasteiger partial charge in [0.15, 0.2) is 0 Å². The molecule has 0 unspecified atom stereocenters. The van der Waals surface area contributed by atoms with E-state index in [1.807, 2.05) is 25.8 Å². The molecule has 100 valence electrons. The minimum atomic E-state index is -0.613. The van der Waals surface area contributed by atoms with Crippen LogP contribution in [0.5, 0.6) is 0 Å². The lowest BCUT2D eigenvalue weighted by atomic mass is 10.0. The van der Waals surface area contributed by atoms with Crippen LogP contribution in [0.2, 0.25) is 0 Å². The van der Waals surface area contributed by atoms with Gasteiger partial charge in [-0.25, -0.2) is 0 Å². The lowest BCUT2D eigenvalue weighted by molar-refractivity contribution is -0.152. The molecule has 1 aromatic rings. The summed E-state index contributed by atoms with van der Waals surface area (Å²) in [6.45, 7) is 6.62. The highest BCUT2D eigenvalue weighted by atomic mass is 16.5. The quantitative estimate of drug-likeness (QED) is 0.751. The monoisotopic (exact) mass is 249 g/mol. The maximum absolute atomic E-state index is 11.7. The highest BCUT2D eigenvalue weighted by molar-refractivity contribution is 5.79. The molecule has 1 aromatic carbocycles. The Bertz CT molecular complexity index is 395. The summed E-state index contributed by atoms with van der Waals surface area (Å²) < 4.78 is 4.83. The molecule has 18 heavy (non-hydrogen) atoms. The summed E-state index contributed by atoms with van der Waals surface area (Å²) in [5, 5.41) is 0. The molecule has 0 spiro atoms. The Morgan fingerprint density at radius 2 is 1.72 bits per heavy atom. The van der Waals surface area contributed by atoms with E-state index in [1.54, 1.807) is 0 Å². The molecule has 0 N–H and O–H groups in total. The summed E-state index contributed by atoms with van der Waals surface area (Å²) in [5.74, 6) is -0.213. The van der Waals surface area contributed by atoms with Gasteiger partial charge in [0, 0.05) is 6.54 Å². The normalized spacial score (nSPS) is 11.7. The van der Waals surface area contributed by atoms with Crippen LogP contribution in [-0.2, 0) is 22.5 Å². The number of aryl methyl sites for hydroxylation is 1. The number of hydrogen-bond donors (Lipinski definition) is 0. The van der Waals surface area contributed by atoms with Gasteiger partial charge in [0.1, 0.15) is 5.54 Å². The number of carbonyl (C=O) groups is 1. The van der Waals surface area contributed by atoms with Crippen molar-refractivity contribution < 1.29 is 9.53 Å². The Kier molecular flexibility index (Phi) is 4.91. The first kappa shape index (κ1) is 14.7. The van der Waals surface area contributed by atoms with Crippen molar-refractivity contribution >= 4 is 5.97 Å². The molecule has 0 aliphatic heterocycles. The predicted octanol–water partition coefficient (Wildman–Crippen LogP) is 2.63. The Labute approximate surface area is 110 Å². The molecule has 0 aliphatic rings. The molecule has 0 saturated carbocycles. The molecule has 1 rings (SSSR count). The molecular formula is C15H23NO2. The zero-order chi connectivity index (χ0) is 13.8. The van der Waals surface area contributed by atoms with Gasteiger partial charge in [-0.1, -0.05) is 31.2 Å². The van der Waals surface area contributed by atoms with E-state index in [-0.39, 0.29) is 5.97 Å². The fourth-order valence-corrected chi connectivity index (χ4v) is 1.76. The molecule has 3 heteroatoms. The van der Waals surface area contributed by atoms with Gasteiger partial charge in [0.05, 0.1) is 7.11 Å². The molecule has 0 amide bonds. The zero-order valence-corrected chi connectivity index (χ0v) is 12.0. The van der Waals surface area contributed by atoms with Crippen molar-refractivity contribution in [2.45, 2.75) is 39.3 Å². The smallest absolute Gasteiger partial charge is 0.325 e. The third-order valence-electron chi connectivity index (χ3n) is 3.49. The molecule has 0 bridgehead atoms. The molecule has 0 fully saturated rings. The minimum absolute atomic E-state index is 0.213. The number of ether oxygens (including phenoxy) is 1. The first-order valence-corrected chi connectivity index (χ1v) is 6.29. The van der Waals surface area contributed by atoms with Crippen molar-refractivity contribution in [3.8, 4) is 0 Å². The van der Waals surface area contributed by atoms with Gasteiger partial charge in [0.2, 0.25) is 0 Å². The van der Waals surface area contributed by atoms with Crippen LogP contribution in [0.15, 0.2) is 24.3 Å². The summed E-state index contributed by atoms with van der Waals surface area (Å²) >= 11 is 0. The molecule has 0 atom stereocenters. The zero-order valence-electron chi connectivity index (χ0n) is 12.0. The van der Waals surface area contributed by atoms with Crippen LogP contribution in [0.4, 0.5) is 0 Å². The largest absolute Gasteiger partial charge is 0.468 e. The number of nitrogens with zero attached hydrogens (tertiary/aromatic N) is 1. The standard InChI is InChI=1S/C15H23NO2/c1-6-12-7-9-13(10-8-12)11-16(4)15(2,3)14(17)18-5/h7-10H,6,11H2,1-5H3. The van der Waals surface area contributed by atoms with Crippen molar-refractivity contribution in [3.63, 3.8) is 0 Å². The number of esters is 1. The van der Waals surface area contributed by atoms with Gasteiger partial charge in [-0.05, 0) is 38.4 Å². The van der Waals surface area contributed by atoms with Crippen LogP contribution in [-0.4, -0.2) is 30.6 Å². The van der Waals surface area contributed by atoms with Crippen molar-refractivity contribution in [1.29, 1.82) is 0 Å². The second kappa shape index (κ2) is 6.01. The maximum Gasteiger partial charge on any atom is 0.325 e. The second-order valence-corrected chi connectivity index (χ2v) is 5.08. The first-order valence-electron chi connectivity index (χ1n) is 6.29. The van der Waals surface area contributed by atoms with E-state index in [0.717, 1.165) is 13.0 Å². The third-order valence-corrected chi connectivity index (χ3v) is 3.49. The molecule has 3 nitrogen and oxygen atoms in total. The number of hydrogen-bond acceptors (Lipinski definition) is 3. The Balaban J connectivity index is 2.74. The van der Waals surface area contributed by atoms with Crippen LogP contribution >= 0.6 is 0 Å². The van der Waals surface area contributed by atoms with Crippen LogP contribution < -0.4 is 0 Å². The van der Waals surface area contributed by atoms with Gasteiger partial charge >= 0.3 is 5.97 Å². The lowest BCUT2D eigenvalue weighted by Gasteiger charge is -2.32. The number of likely N-dealkylation sites (N-methyl/N-ethyl adjacent to an activating group) is 1.